The van der Waals surface area contributed by atoms with Crippen LogP contribution in [-0.4, -0.2) is 8.42 Å². The number of halogens is 1. The first-order valence-electron chi connectivity index (χ1n) is 4.01. The Hall–Kier alpha value is -0.540. The van der Waals surface area contributed by atoms with Crippen LogP contribution in [-0.2, 0) is 9.05 Å². The van der Waals surface area contributed by atoms with Crippen LogP contribution in [0.15, 0.2) is 29.2 Å². The summed E-state index contributed by atoms with van der Waals surface area (Å²) in [6.07, 6.45) is 0. The van der Waals surface area contributed by atoms with Crippen molar-refractivity contribution >= 4 is 19.7 Å². The lowest BCUT2D eigenvalue weighted by Crippen LogP contribution is -1.89. The van der Waals surface area contributed by atoms with Gasteiger partial charge in [-0.1, -0.05) is 26.0 Å². The van der Waals surface area contributed by atoms with Crippen LogP contribution in [0.25, 0.3) is 0 Å². The van der Waals surface area contributed by atoms with Crippen LogP contribution >= 0.6 is 10.7 Å². The topological polar surface area (TPSA) is 34.1 Å². The van der Waals surface area contributed by atoms with Gasteiger partial charge < -0.3 is 0 Å². The third-order valence-corrected chi connectivity index (χ3v) is 2.62. The zero-order valence-corrected chi connectivity index (χ0v) is 9.48. The van der Waals surface area contributed by atoms with E-state index in [4.69, 9.17) is 10.7 Å². The van der Waals surface area contributed by atoms with Gasteiger partial charge in [-0.3, -0.25) is 0 Å². The predicted octanol–water partition coefficient (Wildman–Crippen LogP) is 2.95. The predicted molar refractivity (Wildman–Crippen MR) is 55.6 cm³/mol. The van der Waals surface area contributed by atoms with Gasteiger partial charge in [0.2, 0.25) is 0 Å². The zero-order chi connectivity index (χ0) is 10.5. The van der Waals surface area contributed by atoms with Crippen LogP contribution in [0.2, 0.25) is 0 Å². The van der Waals surface area contributed by atoms with E-state index in [2.05, 4.69) is 0 Å². The van der Waals surface area contributed by atoms with Gasteiger partial charge >= 0.3 is 0 Å². The fourth-order valence-corrected chi connectivity index (χ4v) is 1.62. The number of hydrogen-bond donors (Lipinski definition) is 0. The molecule has 74 valence electrons. The first-order chi connectivity index (χ1) is 6.00. The molecule has 4 heteroatoms. The van der Waals surface area contributed by atoms with E-state index < -0.39 is 9.05 Å². The molecule has 0 spiro atoms. The second-order valence-electron chi connectivity index (χ2n) is 2.25. The van der Waals surface area contributed by atoms with E-state index in [1.54, 1.807) is 6.07 Å². The van der Waals surface area contributed by atoms with Crippen molar-refractivity contribution in [1.29, 1.82) is 0 Å². The quantitative estimate of drug-likeness (QED) is 0.682. The molecular weight excluding hydrogens is 208 g/mol. The Morgan fingerprint density at radius 3 is 2.08 bits per heavy atom. The SMILES string of the molecule is CC.Cc1cccc(S(=O)(=O)Cl)c1. The van der Waals surface area contributed by atoms with Crippen LogP contribution in [0.4, 0.5) is 0 Å². The van der Waals surface area contributed by atoms with E-state index in [1.165, 1.54) is 12.1 Å². The Morgan fingerprint density at radius 2 is 1.77 bits per heavy atom. The molecule has 0 radical (unpaired) electrons. The molecular formula is C9H13ClO2S. The van der Waals surface area contributed by atoms with Crippen LogP contribution in [0.1, 0.15) is 19.4 Å². The standard InChI is InChI=1S/C7H7ClO2S.C2H6/c1-6-3-2-4-7(5-6)11(8,9)10;1-2/h2-5H,1H3;1-2H3. The minimum absolute atomic E-state index is 0.152. The highest BCUT2D eigenvalue weighted by molar-refractivity contribution is 8.13. The van der Waals surface area contributed by atoms with Crippen molar-refractivity contribution in [3.8, 4) is 0 Å². The Bertz CT molecular complexity index is 358. The van der Waals surface area contributed by atoms with Crippen molar-refractivity contribution in [1.82, 2.24) is 0 Å². The highest BCUT2D eigenvalue weighted by atomic mass is 35.7. The highest BCUT2D eigenvalue weighted by Crippen LogP contribution is 2.15. The summed E-state index contributed by atoms with van der Waals surface area (Å²) in [5, 5.41) is 0. The molecule has 0 aliphatic heterocycles. The zero-order valence-electron chi connectivity index (χ0n) is 7.91. The second-order valence-corrected chi connectivity index (χ2v) is 4.82. The molecule has 1 aromatic carbocycles. The molecule has 0 saturated heterocycles. The molecule has 0 aromatic heterocycles. The number of rotatable bonds is 1. The van der Waals surface area contributed by atoms with Gasteiger partial charge in [-0.15, -0.1) is 0 Å². The fourth-order valence-electron chi connectivity index (χ4n) is 0.767. The van der Waals surface area contributed by atoms with Crippen molar-refractivity contribution in [2.45, 2.75) is 25.7 Å². The monoisotopic (exact) mass is 220 g/mol. The average molecular weight is 221 g/mol. The first-order valence-corrected chi connectivity index (χ1v) is 6.32. The summed E-state index contributed by atoms with van der Waals surface area (Å²) in [5.41, 5.74) is 0.881. The van der Waals surface area contributed by atoms with E-state index in [0.29, 0.717) is 0 Å². The first kappa shape index (κ1) is 12.5. The minimum Gasteiger partial charge on any atom is -0.207 e. The van der Waals surface area contributed by atoms with E-state index >= 15 is 0 Å². The Balaban J connectivity index is 0.000000671. The maximum Gasteiger partial charge on any atom is 0.261 e. The van der Waals surface area contributed by atoms with Gasteiger partial charge in [-0.2, -0.15) is 0 Å². The lowest BCUT2D eigenvalue weighted by atomic mass is 10.2. The van der Waals surface area contributed by atoms with Crippen molar-refractivity contribution in [2.24, 2.45) is 0 Å². The molecule has 0 heterocycles. The summed E-state index contributed by atoms with van der Waals surface area (Å²) >= 11 is 0. The summed E-state index contributed by atoms with van der Waals surface area (Å²) in [7, 11) is 1.55. The Morgan fingerprint density at radius 1 is 1.23 bits per heavy atom. The van der Waals surface area contributed by atoms with Crippen LogP contribution < -0.4 is 0 Å². The van der Waals surface area contributed by atoms with Crippen molar-refractivity contribution in [3.63, 3.8) is 0 Å². The van der Waals surface area contributed by atoms with E-state index in [9.17, 15) is 8.42 Å². The average Bonchev–Trinajstić information content (AvgIpc) is 2.06. The molecule has 1 aromatic rings. The summed E-state index contributed by atoms with van der Waals surface area (Å²) < 4.78 is 21.5. The molecule has 0 saturated carbocycles. The molecule has 0 fully saturated rings. The van der Waals surface area contributed by atoms with Gasteiger partial charge in [0.25, 0.3) is 9.05 Å². The van der Waals surface area contributed by atoms with Gasteiger partial charge in [0, 0.05) is 10.7 Å². The van der Waals surface area contributed by atoms with Crippen molar-refractivity contribution in [3.05, 3.63) is 29.8 Å². The smallest absolute Gasteiger partial charge is 0.207 e. The molecule has 1 rings (SSSR count). The number of aryl methyl sites for hydroxylation is 1. The lowest BCUT2D eigenvalue weighted by Gasteiger charge is -1.95. The maximum absolute atomic E-state index is 10.8. The molecule has 0 amide bonds. The van der Waals surface area contributed by atoms with Gasteiger partial charge in [0.1, 0.15) is 0 Å². The van der Waals surface area contributed by atoms with Gasteiger partial charge in [-0.05, 0) is 24.6 Å². The van der Waals surface area contributed by atoms with Crippen molar-refractivity contribution in [2.75, 3.05) is 0 Å². The molecule has 0 atom stereocenters. The molecule has 0 aliphatic rings. The van der Waals surface area contributed by atoms with Gasteiger partial charge in [0.15, 0.2) is 0 Å². The summed E-state index contributed by atoms with van der Waals surface area (Å²) in [5.74, 6) is 0. The van der Waals surface area contributed by atoms with Crippen LogP contribution in [0.5, 0.6) is 0 Å². The largest absolute Gasteiger partial charge is 0.261 e. The lowest BCUT2D eigenvalue weighted by molar-refractivity contribution is 0.609. The highest BCUT2D eigenvalue weighted by Gasteiger charge is 2.07. The minimum atomic E-state index is -3.55. The van der Waals surface area contributed by atoms with Crippen molar-refractivity contribution < 1.29 is 8.42 Å². The Kier molecular flexibility index (Phi) is 5.03. The van der Waals surface area contributed by atoms with Crippen LogP contribution in [0, 0.1) is 6.92 Å². The third-order valence-electron chi connectivity index (χ3n) is 1.27. The van der Waals surface area contributed by atoms with E-state index in [1.807, 2.05) is 26.8 Å². The van der Waals surface area contributed by atoms with E-state index in [0.717, 1.165) is 5.56 Å². The summed E-state index contributed by atoms with van der Waals surface area (Å²) in [6, 6.07) is 6.47. The molecule has 0 aliphatic carbocycles. The number of benzene rings is 1. The van der Waals surface area contributed by atoms with Crippen LogP contribution in [0.3, 0.4) is 0 Å². The summed E-state index contributed by atoms with van der Waals surface area (Å²) in [6.45, 7) is 5.81. The molecule has 13 heavy (non-hydrogen) atoms. The normalized spacial score (nSPS) is 10.2. The maximum atomic E-state index is 10.8. The summed E-state index contributed by atoms with van der Waals surface area (Å²) in [4.78, 5) is 0.152. The molecule has 0 unspecified atom stereocenters. The van der Waals surface area contributed by atoms with Gasteiger partial charge in [0.05, 0.1) is 4.90 Å². The van der Waals surface area contributed by atoms with Gasteiger partial charge in [-0.25, -0.2) is 8.42 Å². The molecule has 2 nitrogen and oxygen atoms in total. The molecule has 0 bridgehead atoms. The third kappa shape index (κ3) is 4.29. The van der Waals surface area contributed by atoms with E-state index in [-0.39, 0.29) is 4.90 Å². The second kappa shape index (κ2) is 5.25. The Labute approximate surface area is 84.0 Å². The number of hydrogen-bond acceptors (Lipinski definition) is 2. The fraction of sp³-hybridized carbons (Fsp3) is 0.333. The molecule has 0 N–H and O–H groups in total.